The molecule has 2 heterocycles. The van der Waals surface area contributed by atoms with Crippen LogP contribution in [0.25, 0.3) is 0 Å². The second-order valence-electron chi connectivity index (χ2n) is 7.48. The van der Waals surface area contributed by atoms with E-state index in [1.807, 2.05) is 6.07 Å². The van der Waals surface area contributed by atoms with Crippen molar-refractivity contribution in [3.63, 3.8) is 0 Å². The van der Waals surface area contributed by atoms with E-state index < -0.39 is 9.84 Å². The van der Waals surface area contributed by atoms with E-state index in [1.165, 1.54) is 30.6 Å². The summed E-state index contributed by atoms with van der Waals surface area (Å²) in [7, 11) is -1.02. The van der Waals surface area contributed by atoms with Crippen molar-refractivity contribution in [2.45, 2.75) is 36.1 Å². The lowest BCUT2D eigenvalue weighted by atomic mass is 9.90. The van der Waals surface area contributed by atoms with Gasteiger partial charge in [-0.2, -0.15) is 0 Å². The van der Waals surface area contributed by atoms with Gasteiger partial charge in [0.25, 0.3) is 0 Å². The molecule has 2 atom stereocenters. The first kappa shape index (κ1) is 17.6. The zero-order valence-electron chi connectivity index (χ0n) is 15.2. The van der Waals surface area contributed by atoms with Crippen LogP contribution in [-0.4, -0.2) is 45.2 Å². The predicted molar refractivity (Wildman–Crippen MR) is 106 cm³/mol. The molecule has 0 bridgehead atoms. The fourth-order valence-corrected chi connectivity index (χ4v) is 5.66. The summed E-state index contributed by atoms with van der Waals surface area (Å²) in [5, 5.41) is 3.53. The summed E-state index contributed by atoms with van der Waals surface area (Å²) in [6, 6.07) is 15.7. The summed E-state index contributed by atoms with van der Waals surface area (Å²) in [5.41, 5.74) is 3.68. The van der Waals surface area contributed by atoms with Crippen molar-refractivity contribution in [1.29, 1.82) is 0 Å². The molecule has 138 valence electrons. The fraction of sp³-hybridized carbons (Fsp3) is 0.429. The molecule has 1 fully saturated rings. The molecule has 2 aliphatic rings. The number of hydrogen-bond acceptors (Lipinski definition) is 4. The Morgan fingerprint density at radius 3 is 2.69 bits per heavy atom. The maximum Gasteiger partial charge on any atom is 0.178 e. The first-order chi connectivity index (χ1) is 12.5. The topological polar surface area (TPSA) is 49.4 Å². The van der Waals surface area contributed by atoms with Crippen LogP contribution in [-0.2, 0) is 16.3 Å². The van der Waals surface area contributed by atoms with Crippen LogP contribution >= 0.6 is 0 Å². The van der Waals surface area contributed by atoms with Gasteiger partial charge < -0.3 is 10.2 Å². The Hall–Kier alpha value is -1.85. The van der Waals surface area contributed by atoms with Gasteiger partial charge in [0, 0.05) is 24.2 Å². The molecule has 1 N–H and O–H groups in total. The Labute approximate surface area is 156 Å². The molecule has 0 saturated carbocycles. The van der Waals surface area contributed by atoms with Crippen LogP contribution < -0.4 is 5.32 Å². The van der Waals surface area contributed by atoms with Crippen LogP contribution in [0.5, 0.6) is 0 Å². The van der Waals surface area contributed by atoms with Gasteiger partial charge in [-0.25, -0.2) is 8.42 Å². The molecule has 0 spiro atoms. The molecule has 26 heavy (non-hydrogen) atoms. The summed E-state index contributed by atoms with van der Waals surface area (Å²) in [6.45, 7) is 2.15. The minimum atomic E-state index is -3.23. The van der Waals surface area contributed by atoms with Gasteiger partial charge in [-0.3, -0.25) is 0 Å². The number of benzene rings is 2. The normalized spacial score (nSPS) is 23.0. The number of nitrogens with one attached hydrogen (secondary N) is 1. The third-order valence-electron chi connectivity index (χ3n) is 5.83. The SMILES string of the molecule is CN1CCCC1C1CNc2ccc(CCS(=O)(=O)c3ccccc3)cc21. The number of likely N-dealkylation sites (N-methyl/N-ethyl adjacent to an activating group) is 1. The van der Waals surface area contributed by atoms with Gasteiger partial charge in [-0.1, -0.05) is 30.3 Å². The van der Waals surface area contributed by atoms with Crippen molar-refractivity contribution < 1.29 is 8.42 Å². The van der Waals surface area contributed by atoms with Crippen molar-refractivity contribution in [3.8, 4) is 0 Å². The van der Waals surface area contributed by atoms with Crippen LogP contribution in [0.3, 0.4) is 0 Å². The highest BCUT2D eigenvalue weighted by atomic mass is 32.2. The number of hydrogen-bond donors (Lipinski definition) is 1. The molecule has 2 aliphatic heterocycles. The second kappa shape index (κ2) is 7.05. The molecule has 0 aromatic heterocycles. The lowest BCUT2D eigenvalue weighted by Gasteiger charge is -2.26. The summed E-state index contributed by atoms with van der Waals surface area (Å²) >= 11 is 0. The van der Waals surface area contributed by atoms with Gasteiger partial charge in [0.1, 0.15) is 0 Å². The molecule has 4 rings (SSSR count). The first-order valence-electron chi connectivity index (χ1n) is 9.39. The highest BCUT2D eigenvalue weighted by Crippen LogP contribution is 2.39. The van der Waals surface area contributed by atoms with Gasteiger partial charge in [0.2, 0.25) is 0 Å². The number of rotatable bonds is 5. The average Bonchev–Trinajstić information content (AvgIpc) is 3.26. The number of sulfone groups is 1. The van der Waals surface area contributed by atoms with E-state index in [0.29, 0.717) is 23.3 Å². The molecule has 2 unspecified atom stereocenters. The Balaban J connectivity index is 1.51. The molecule has 2 aromatic carbocycles. The quantitative estimate of drug-likeness (QED) is 0.877. The van der Waals surface area contributed by atoms with Crippen LogP contribution in [0, 0.1) is 0 Å². The lowest BCUT2D eigenvalue weighted by molar-refractivity contribution is 0.279. The summed E-state index contributed by atoms with van der Waals surface area (Å²) in [5.74, 6) is 0.653. The van der Waals surface area contributed by atoms with E-state index >= 15 is 0 Å². The first-order valence-corrected chi connectivity index (χ1v) is 11.0. The lowest BCUT2D eigenvalue weighted by Crippen LogP contribution is -2.32. The molecular formula is C21H26N2O2S. The highest BCUT2D eigenvalue weighted by molar-refractivity contribution is 7.91. The van der Waals surface area contributed by atoms with E-state index in [9.17, 15) is 8.42 Å². The zero-order valence-corrected chi connectivity index (χ0v) is 16.0. The van der Waals surface area contributed by atoms with E-state index in [1.54, 1.807) is 24.3 Å². The Morgan fingerprint density at radius 1 is 1.15 bits per heavy atom. The van der Waals surface area contributed by atoms with Crippen molar-refractivity contribution in [1.82, 2.24) is 4.90 Å². The third kappa shape index (κ3) is 3.38. The number of likely N-dealkylation sites (tertiary alicyclic amines) is 1. The standard InChI is InChI=1S/C21H26N2O2S/c1-23-12-5-8-21(23)19-15-22-20-10-9-16(14-18(19)20)11-13-26(24,25)17-6-3-2-4-7-17/h2-4,6-7,9-10,14,19,21-22H,5,8,11-13,15H2,1H3. The van der Waals surface area contributed by atoms with Crippen molar-refractivity contribution in [2.75, 3.05) is 31.2 Å². The highest BCUT2D eigenvalue weighted by Gasteiger charge is 2.34. The minimum Gasteiger partial charge on any atom is -0.384 e. The van der Waals surface area contributed by atoms with Gasteiger partial charge in [-0.05, 0) is 62.2 Å². The van der Waals surface area contributed by atoms with Crippen molar-refractivity contribution >= 4 is 15.5 Å². The Bertz CT molecular complexity index is 880. The number of nitrogens with zero attached hydrogens (tertiary/aromatic N) is 1. The molecule has 5 heteroatoms. The predicted octanol–water partition coefficient (Wildman–Crippen LogP) is 3.31. The van der Waals surface area contributed by atoms with E-state index in [0.717, 1.165) is 12.1 Å². The molecular weight excluding hydrogens is 344 g/mol. The molecule has 1 saturated heterocycles. The van der Waals surface area contributed by atoms with Crippen LogP contribution in [0.15, 0.2) is 53.4 Å². The Morgan fingerprint density at radius 2 is 1.96 bits per heavy atom. The van der Waals surface area contributed by atoms with Crippen LogP contribution in [0.2, 0.25) is 0 Å². The smallest absolute Gasteiger partial charge is 0.178 e. The van der Waals surface area contributed by atoms with Gasteiger partial charge >= 0.3 is 0 Å². The Kier molecular flexibility index (Phi) is 4.76. The van der Waals surface area contributed by atoms with Gasteiger partial charge in [0.05, 0.1) is 10.6 Å². The number of anilines is 1. The monoisotopic (exact) mass is 370 g/mol. The van der Waals surface area contributed by atoms with Crippen molar-refractivity contribution in [3.05, 3.63) is 59.7 Å². The van der Waals surface area contributed by atoms with Crippen molar-refractivity contribution in [2.24, 2.45) is 0 Å². The average molecular weight is 371 g/mol. The molecule has 2 aromatic rings. The van der Waals surface area contributed by atoms with Crippen LogP contribution in [0.1, 0.15) is 29.9 Å². The minimum absolute atomic E-state index is 0.150. The third-order valence-corrected chi connectivity index (χ3v) is 7.56. The van der Waals surface area contributed by atoms with Crippen LogP contribution in [0.4, 0.5) is 5.69 Å². The van der Waals surface area contributed by atoms with E-state index in [2.05, 4.69) is 35.5 Å². The number of aryl methyl sites for hydroxylation is 1. The molecule has 0 amide bonds. The van der Waals surface area contributed by atoms with Gasteiger partial charge in [-0.15, -0.1) is 0 Å². The molecule has 0 radical (unpaired) electrons. The summed E-state index contributed by atoms with van der Waals surface area (Å²) in [6.07, 6.45) is 3.06. The summed E-state index contributed by atoms with van der Waals surface area (Å²) < 4.78 is 25.1. The largest absolute Gasteiger partial charge is 0.384 e. The zero-order chi connectivity index (χ0) is 18.1. The fourth-order valence-electron chi connectivity index (χ4n) is 4.35. The maximum absolute atomic E-state index is 12.5. The molecule has 4 nitrogen and oxygen atoms in total. The van der Waals surface area contributed by atoms with E-state index in [-0.39, 0.29) is 5.75 Å². The second-order valence-corrected chi connectivity index (χ2v) is 9.59. The van der Waals surface area contributed by atoms with Gasteiger partial charge in [0.15, 0.2) is 9.84 Å². The maximum atomic E-state index is 12.5. The van der Waals surface area contributed by atoms with E-state index in [4.69, 9.17) is 0 Å². The molecule has 0 aliphatic carbocycles. The number of fused-ring (bicyclic) bond motifs is 1. The summed E-state index contributed by atoms with van der Waals surface area (Å²) in [4.78, 5) is 2.88.